The number of carboxylic acid groups (broad SMARTS) is 1. The molecule has 4 rings (SSSR count). The van der Waals surface area contributed by atoms with Crippen molar-refractivity contribution in [3.63, 3.8) is 0 Å². The van der Waals surface area contributed by atoms with Crippen molar-refractivity contribution < 1.29 is 24.0 Å². The van der Waals surface area contributed by atoms with Gasteiger partial charge in [-0.15, -0.1) is 0 Å². The Balaban J connectivity index is 1.35. The number of nitrogens with one attached hydrogen (secondary N) is 1. The molecule has 0 aliphatic carbocycles. The number of rotatable bonds is 8. The first kappa shape index (κ1) is 22.8. The molecule has 1 saturated heterocycles. The standard InChI is InChI=1S/C23H23ClN4O5/c1-13(2)32-19-8-5-15(9-18(19)24)20-26-22(33-27-20)21(29)25-17-6-3-14(4-7-17)10-28-11-16(12-28)23(30)31/h3-9,13,16H,10-12H2,1-2H3,(H,25,29)(H,30,31). The Kier molecular flexibility index (Phi) is 6.62. The van der Waals surface area contributed by atoms with Crippen molar-refractivity contribution in [3.05, 3.63) is 58.9 Å². The number of halogens is 1. The Morgan fingerprint density at radius 3 is 2.61 bits per heavy atom. The summed E-state index contributed by atoms with van der Waals surface area (Å²) in [5.41, 5.74) is 2.20. The number of aliphatic carboxylic acids is 1. The normalized spacial score (nSPS) is 14.2. The largest absolute Gasteiger partial charge is 0.489 e. The second kappa shape index (κ2) is 9.60. The molecule has 172 valence electrons. The second-order valence-corrected chi connectivity index (χ2v) is 8.52. The average molecular weight is 471 g/mol. The highest BCUT2D eigenvalue weighted by molar-refractivity contribution is 6.32. The summed E-state index contributed by atoms with van der Waals surface area (Å²) in [4.78, 5) is 29.6. The van der Waals surface area contributed by atoms with E-state index in [4.69, 9.17) is 26.0 Å². The summed E-state index contributed by atoms with van der Waals surface area (Å²) < 4.78 is 10.7. The molecule has 10 heteroatoms. The first-order valence-corrected chi connectivity index (χ1v) is 10.8. The van der Waals surface area contributed by atoms with Gasteiger partial charge < -0.3 is 19.7 Å². The van der Waals surface area contributed by atoms with E-state index in [1.54, 1.807) is 30.3 Å². The summed E-state index contributed by atoms with van der Waals surface area (Å²) >= 11 is 6.26. The van der Waals surface area contributed by atoms with Crippen molar-refractivity contribution in [2.75, 3.05) is 18.4 Å². The van der Waals surface area contributed by atoms with Crippen molar-refractivity contribution >= 4 is 29.2 Å². The van der Waals surface area contributed by atoms with Crippen molar-refractivity contribution in [3.8, 4) is 17.1 Å². The average Bonchev–Trinajstić information content (AvgIpc) is 3.23. The number of ether oxygens (including phenoxy) is 1. The Morgan fingerprint density at radius 2 is 1.97 bits per heavy atom. The highest BCUT2D eigenvalue weighted by Crippen LogP contribution is 2.30. The smallest absolute Gasteiger partial charge is 0.316 e. The molecule has 2 heterocycles. The lowest BCUT2D eigenvalue weighted by atomic mass is 9.99. The molecule has 1 aliphatic rings. The molecule has 0 spiro atoms. The number of hydrogen-bond donors (Lipinski definition) is 2. The highest BCUT2D eigenvalue weighted by atomic mass is 35.5. The molecule has 0 atom stereocenters. The SMILES string of the molecule is CC(C)Oc1ccc(-c2noc(C(=O)Nc3ccc(CN4CC(C(=O)O)C4)cc3)n2)cc1Cl. The topological polar surface area (TPSA) is 118 Å². The lowest BCUT2D eigenvalue weighted by molar-refractivity contribution is -0.147. The summed E-state index contributed by atoms with van der Waals surface area (Å²) in [6.45, 7) is 5.57. The molecule has 1 aromatic heterocycles. The third-order valence-corrected chi connectivity index (χ3v) is 5.39. The lowest BCUT2D eigenvalue weighted by Gasteiger charge is -2.36. The van der Waals surface area contributed by atoms with Crippen LogP contribution in [-0.2, 0) is 11.3 Å². The Labute approximate surface area is 195 Å². The number of amides is 1. The van der Waals surface area contributed by atoms with Crippen molar-refractivity contribution in [1.29, 1.82) is 0 Å². The molecule has 0 bridgehead atoms. The fourth-order valence-electron chi connectivity index (χ4n) is 3.41. The molecular formula is C23H23ClN4O5. The summed E-state index contributed by atoms with van der Waals surface area (Å²) in [6, 6.07) is 12.4. The number of carbonyl (C=O) groups excluding carboxylic acids is 1. The van der Waals surface area contributed by atoms with Crippen LogP contribution < -0.4 is 10.1 Å². The number of aromatic nitrogens is 2. The summed E-state index contributed by atoms with van der Waals surface area (Å²) in [5.74, 6) is -0.954. The van der Waals surface area contributed by atoms with E-state index in [2.05, 4.69) is 20.4 Å². The molecule has 2 N–H and O–H groups in total. The van der Waals surface area contributed by atoms with Crippen molar-refractivity contribution in [2.24, 2.45) is 5.92 Å². The van der Waals surface area contributed by atoms with Gasteiger partial charge >= 0.3 is 17.8 Å². The number of carboxylic acids is 1. The van der Waals surface area contributed by atoms with Gasteiger partial charge in [0, 0.05) is 30.9 Å². The predicted molar refractivity (Wildman–Crippen MR) is 121 cm³/mol. The zero-order valence-electron chi connectivity index (χ0n) is 18.1. The van der Waals surface area contributed by atoms with Crippen LogP contribution in [0.4, 0.5) is 5.69 Å². The minimum atomic E-state index is -0.756. The van der Waals surface area contributed by atoms with Crippen LogP contribution in [-0.4, -0.2) is 51.2 Å². The fourth-order valence-corrected chi connectivity index (χ4v) is 3.64. The minimum absolute atomic E-state index is 0.0112. The molecule has 0 unspecified atom stereocenters. The zero-order chi connectivity index (χ0) is 23.5. The van der Waals surface area contributed by atoms with Crippen molar-refractivity contribution in [1.82, 2.24) is 15.0 Å². The molecule has 0 radical (unpaired) electrons. The van der Waals surface area contributed by atoms with E-state index in [1.807, 2.05) is 26.0 Å². The van der Waals surface area contributed by atoms with E-state index >= 15 is 0 Å². The van der Waals surface area contributed by atoms with E-state index in [0.717, 1.165) is 5.56 Å². The van der Waals surface area contributed by atoms with Crippen LogP contribution in [0.2, 0.25) is 5.02 Å². The minimum Gasteiger partial charge on any atom is -0.489 e. The van der Waals surface area contributed by atoms with E-state index in [-0.39, 0.29) is 23.7 Å². The highest BCUT2D eigenvalue weighted by Gasteiger charge is 2.32. The second-order valence-electron chi connectivity index (χ2n) is 8.12. The monoisotopic (exact) mass is 470 g/mol. The van der Waals surface area contributed by atoms with Crippen LogP contribution in [0.15, 0.2) is 47.0 Å². The Morgan fingerprint density at radius 1 is 1.24 bits per heavy atom. The van der Waals surface area contributed by atoms with Crippen LogP contribution in [0.3, 0.4) is 0 Å². The maximum Gasteiger partial charge on any atom is 0.316 e. The van der Waals surface area contributed by atoms with E-state index in [9.17, 15) is 9.59 Å². The molecule has 0 saturated carbocycles. The number of benzene rings is 2. The number of anilines is 1. The van der Waals surface area contributed by atoms with E-state index in [0.29, 0.717) is 41.7 Å². The van der Waals surface area contributed by atoms with Gasteiger partial charge in [0.15, 0.2) is 0 Å². The van der Waals surface area contributed by atoms with Crippen LogP contribution in [0.1, 0.15) is 30.1 Å². The third kappa shape index (κ3) is 5.50. The van der Waals surface area contributed by atoms with Gasteiger partial charge in [0.2, 0.25) is 5.82 Å². The Hall–Kier alpha value is -3.43. The third-order valence-electron chi connectivity index (χ3n) is 5.10. The van der Waals surface area contributed by atoms with Gasteiger partial charge in [-0.2, -0.15) is 4.98 Å². The van der Waals surface area contributed by atoms with Crippen LogP contribution in [0.5, 0.6) is 5.75 Å². The maximum absolute atomic E-state index is 12.5. The van der Waals surface area contributed by atoms with Crippen LogP contribution in [0, 0.1) is 5.92 Å². The molecular weight excluding hydrogens is 448 g/mol. The molecule has 9 nitrogen and oxygen atoms in total. The van der Waals surface area contributed by atoms with Crippen LogP contribution >= 0.6 is 11.6 Å². The molecule has 1 amide bonds. The molecule has 2 aromatic carbocycles. The number of likely N-dealkylation sites (tertiary alicyclic amines) is 1. The van der Waals surface area contributed by atoms with Gasteiger partial charge in [-0.05, 0) is 49.7 Å². The molecule has 33 heavy (non-hydrogen) atoms. The van der Waals surface area contributed by atoms with Gasteiger partial charge in [-0.3, -0.25) is 14.5 Å². The van der Waals surface area contributed by atoms with Gasteiger partial charge in [0.25, 0.3) is 0 Å². The number of hydrogen-bond acceptors (Lipinski definition) is 7. The summed E-state index contributed by atoms with van der Waals surface area (Å²) in [7, 11) is 0. The lowest BCUT2D eigenvalue weighted by Crippen LogP contribution is -2.49. The van der Waals surface area contributed by atoms with Gasteiger partial charge in [-0.25, -0.2) is 0 Å². The van der Waals surface area contributed by atoms with Gasteiger partial charge in [0.05, 0.1) is 17.0 Å². The van der Waals surface area contributed by atoms with Crippen molar-refractivity contribution in [2.45, 2.75) is 26.5 Å². The molecule has 1 aliphatic heterocycles. The molecule has 1 fully saturated rings. The quantitative estimate of drug-likeness (QED) is 0.508. The summed E-state index contributed by atoms with van der Waals surface area (Å²) in [6.07, 6.45) is -0.0112. The predicted octanol–water partition coefficient (Wildman–Crippen LogP) is 3.95. The fraction of sp³-hybridized carbons (Fsp3) is 0.304. The van der Waals surface area contributed by atoms with E-state index < -0.39 is 11.9 Å². The Bertz CT molecular complexity index is 1160. The maximum atomic E-state index is 12.5. The van der Waals surface area contributed by atoms with Gasteiger partial charge in [0.1, 0.15) is 5.75 Å². The zero-order valence-corrected chi connectivity index (χ0v) is 18.9. The first-order valence-electron chi connectivity index (χ1n) is 10.4. The summed E-state index contributed by atoms with van der Waals surface area (Å²) in [5, 5.41) is 16.0. The number of nitrogens with zero attached hydrogens (tertiary/aromatic N) is 3. The van der Waals surface area contributed by atoms with E-state index in [1.165, 1.54) is 0 Å². The first-order chi connectivity index (χ1) is 15.8. The van der Waals surface area contributed by atoms with Gasteiger partial charge in [-0.1, -0.05) is 28.9 Å². The molecule has 3 aromatic rings. The van der Waals surface area contributed by atoms with Crippen LogP contribution in [0.25, 0.3) is 11.4 Å². The number of carbonyl (C=O) groups is 2.